The van der Waals surface area contributed by atoms with Crippen LogP contribution in [0.2, 0.25) is 0 Å². The van der Waals surface area contributed by atoms with Crippen molar-refractivity contribution in [3.05, 3.63) is 29.8 Å². The zero-order chi connectivity index (χ0) is 18.4. The quantitative estimate of drug-likeness (QED) is 0.777. The Labute approximate surface area is 151 Å². The van der Waals surface area contributed by atoms with Crippen LogP contribution in [0.4, 0.5) is 5.69 Å². The van der Waals surface area contributed by atoms with E-state index in [0.717, 1.165) is 31.2 Å². The molecule has 0 radical (unpaired) electrons. The van der Waals surface area contributed by atoms with Gasteiger partial charge in [-0.1, -0.05) is 38.3 Å². The summed E-state index contributed by atoms with van der Waals surface area (Å²) in [5.74, 6) is -0.0457. The summed E-state index contributed by atoms with van der Waals surface area (Å²) < 4.78 is 29.5. The van der Waals surface area contributed by atoms with Crippen LogP contribution in [0.5, 0.6) is 0 Å². The average Bonchev–Trinajstić information content (AvgIpc) is 2.61. The summed E-state index contributed by atoms with van der Waals surface area (Å²) in [5, 5.41) is 2.78. The number of carbonyl (C=O) groups excluding carboxylic acids is 1. The molecule has 1 aromatic rings. The lowest BCUT2D eigenvalue weighted by Gasteiger charge is -2.31. The number of anilines is 1. The van der Waals surface area contributed by atoms with Gasteiger partial charge in [0.25, 0.3) is 10.2 Å². The number of carbonyl (C=O) groups is 1. The number of amides is 1. The lowest BCUT2D eigenvalue weighted by molar-refractivity contribution is -0.115. The van der Waals surface area contributed by atoms with Gasteiger partial charge in [-0.2, -0.15) is 17.4 Å². The molecule has 1 aliphatic carbocycles. The molecule has 1 atom stereocenters. The van der Waals surface area contributed by atoms with Gasteiger partial charge in [-0.25, -0.2) is 0 Å². The van der Waals surface area contributed by atoms with Crippen LogP contribution in [-0.4, -0.2) is 31.7 Å². The normalized spacial score (nSPS) is 17.4. The molecule has 2 rings (SSSR count). The monoisotopic (exact) mass is 367 g/mol. The van der Waals surface area contributed by atoms with Crippen molar-refractivity contribution in [1.29, 1.82) is 0 Å². The summed E-state index contributed by atoms with van der Waals surface area (Å²) in [6.07, 6.45) is 5.64. The minimum atomic E-state index is -3.53. The van der Waals surface area contributed by atoms with Crippen LogP contribution >= 0.6 is 0 Å². The molecule has 0 aliphatic heterocycles. The molecular weight excluding hydrogens is 338 g/mol. The lowest BCUT2D eigenvalue weighted by Crippen LogP contribution is -2.45. The SMILES string of the molecule is CCC(=O)Nc1ccc(C(C)NS(=O)(=O)N(C)C2CCCCC2)cc1. The number of hydrogen-bond donors (Lipinski definition) is 2. The second-order valence-corrected chi connectivity index (χ2v) is 8.44. The van der Waals surface area contributed by atoms with Gasteiger partial charge in [0.2, 0.25) is 5.91 Å². The van der Waals surface area contributed by atoms with Crippen molar-refractivity contribution in [2.24, 2.45) is 0 Å². The van der Waals surface area contributed by atoms with Gasteiger partial charge in [0.15, 0.2) is 0 Å². The molecule has 1 aromatic carbocycles. The van der Waals surface area contributed by atoms with Crippen LogP contribution in [0.1, 0.15) is 64.0 Å². The maximum atomic E-state index is 12.6. The van der Waals surface area contributed by atoms with Crippen LogP contribution in [0.3, 0.4) is 0 Å². The fourth-order valence-electron chi connectivity index (χ4n) is 3.12. The predicted octanol–water partition coefficient (Wildman–Crippen LogP) is 3.20. The Morgan fingerprint density at radius 3 is 2.36 bits per heavy atom. The van der Waals surface area contributed by atoms with E-state index in [9.17, 15) is 13.2 Å². The summed E-state index contributed by atoms with van der Waals surface area (Å²) >= 11 is 0. The van der Waals surface area contributed by atoms with E-state index >= 15 is 0 Å². The molecule has 7 heteroatoms. The highest BCUT2D eigenvalue weighted by Gasteiger charge is 2.28. The Balaban J connectivity index is 1.99. The topological polar surface area (TPSA) is 78.5 Å². The Morgan fingerprint density at radius 1 is 1.20 bits per heavy atom. The van der Waals surface area contributed by atoms with Gasteiger partial charge in [0, 0.05) is 31.2 Å². The third-order valence-electron chi connectivity index (χ3n) is 4.81. The number of benzene rings is 1. The summed E-state index contributed by atoms with van der Waals surface area (Å²) in [4.78, 5) is 11.4. The molecule has 1 unspecified atom stereocenters. The summed E-state index contributed by atoms with van der Waals surface area (Å²) in [7, 11) is -1.87. The maximum Gasteiger partial charge on any atom is 0.279 e. The molecule has 0 aromatic heterocycles. The first-order valence-electron chi connectivity index (χ1n) is 8.98. The smallest absolute Gasteiger partial charge is 0.279 e. The summed E-state index contributed by atoms with van der Waals surface area (Å²) in [6, 6.07) is 6.99. The molecule has 0 spiro atoms. The number of nitrogens with zero attached hydrogens (tertiary/aromatic N) is 1. The van der Waals surface area contributed by atoms with Gasteiger partial charge >= 0.3 is 0 Å². The van der Waals surface area contributed by atoms with E-state index in [-0.39, 0.29) is 18.0 Å². The van der Waals surface area contributed by atoms with E-state index in [1.54, 1.807) is 26.1 Å². The lowest BCUT2D eigenvalue weighted by atomic mass is 9.96. The minimum Gasteiger partial charge on any atom is -0.326 e. The first kappa shape index (κ1) is 19.9. The molecule has 0 heterocycles. The zero-order valence-electron chi connectivity index (χ0n) is 15.3. The second-order valence-electron chi connectivity index (χ2n) is 6.68. The van der Waals surface area contributed by atoms with Crippen molar-refractivity contribution in [2.75, 3.05) is 12.4 Å². The summed E-state index contributed by atoms with van der Waals surface area (Å²) in [5.41, 5.74) is 1.57. The molecule has 0 saturated heterocycles. The Morgan fingerprint density at radius 2 is 1.80 bits per heavy atom. The second kappa shape index (κ2) is 8.78. The van der Waals surface area contributed by atoms with Gasteiger partial charge in [0.1, 0.15) is 0 Å². The van der Waals surface area contributed by atoms with Crippen molar-refractivity contribution in [3.63, 3.8) is 0 Å². The van der Waals surface area contributed by atoms with Crippen molar-refractivity contribution in [1.82, 2.24) is 9.03 Å². The van der Waals surface area contributed by atoms with E-state index < -0.39 is 10.2 Å². The fraction of sp³-hybridized carbons (Fsp3) is 0.611. The van der Waals surface area contributed by atoms with Gasteiger partial charge in [-0.15, -0.1) is 0 Å². The van der Waals surface area contributed by atoms with E-state index in [0.29, 0.717) is 12.1 Å². The number of nitrogens with one attached hydrogen (secondary N) is 2. The van der Waals surface area contributed by atoms with Crippen molar-refractivity contribution < 1.29 is 13.2 Å². The third kappa shape index (κ3) is 5.52. The van der Waals surface area contributed by atoms with Crippen molar-refractivity contribution in [3.8, 4) is 0 Å². The van der Waals surface area contributed by atoms with Crippen LogP contribution in [0.15, 0.2) is 24.3 Å². The molecule has 2 N–H and O–H groups in total. The summed E-state index contributed by atoms with van der Waals surface area (Å²) in [6.45, 7) is 3.62. The average molecular weight is 368 g/mol. The van der Waals surface area contributed by atoms with E-state index in [4.69, 9.17) is 0 Å². The third-order valence-corrected chi connectivity index (χ3v) is 6.52. The molecule has 140 valence electrons. The van der Waals surface area contributed by atoms with E-state index in [2.05, 4.69) is 10.0 Å². The van der Waals surface area contributed by atoms with Crippen LogP contribution in [0, 0.1) is 0 Å². The Hall–Kier alpha value is -1.44. The molecule has 1 saturated carbocycles. The molecule has 25 heavy (non-hydrogen) atoms. The van der Waals surface area contributed by atoms with E-state index in [1.807, 2.05) is 19.1 Å². The maximum absolute atomic E-state index is 12.6. The largest absolute Gasteiger partial charge is 0.326 e. The Kier molecular flexibility index (Phi) is 6.98. The van der Waals surface area contributed by atoms with Crippen LogP contribution in [0.25, 0.3) is 0 Å². The highest BCUT2D eigenvalue weighted by atomic mass is 32.2. The molecule has 1 amide bonds. The van der Waals surface area contributed by atoms with Crippen molar-refractivity contribution >= 4 is 21.8 Å². The first-order chi connectivity index (χ1) is 11.8. The molecule has 6 nitrogen and oxygen atoms in total. The molecule has 0 bridgehead atoms. The number of hydrogen-bond acceptors (Lipinski definition) is 3. The van der Waals surface area contributed by atoms with Gasteiger partial charge in [-0.05, 0) is 37.5 Å². The Bertz CT molecular complexity index is 667. The molecule has 1 fully saturated rings. The van der Waals surface area contributed by atoms with Crippen LogP contribution in [-0.2, 0) is 15.0 Å². The standard InChI is InChI=1S/C18H29N3O3S/c1-4-18(22)19-16-12-10-15(11-13-16)14(2)20-25(23,24)21(3)17-8-6-5-7-9-17/h10-14,17,20H,4-9H2,1-3H3,(H,19,22). The minimum absolute atomic E-state index is 0.0457. The molecular formula is C18H29N3O3S. The first-order valence-corrected chi connectivity index (χ1v) is 10.4. The zero-order valence-corrected chi connectivity index (χ0v) is 16.1. The highest BCUT2D eigenvalue weighted by molar-refractivity contribution is 7.87. The number of rotatable bonds is 7. The van der Waals surface area contributed by atoms with Gasteiger partial charge < -0.3 is 5.32 Å². The van der Waals surface area contributed by atoms with Gasteiger partial charge in [0.05, 0.1) is 0 Å². The fourth-order valence-corrected chi connectivity index (χ4v) is 4.47. The van der Waals surface area contributed by atoms with Crippen LogP contribution < -0.4 is 10.0 Å². The van der Waals surface area contributed by atoms with Crippen molar-refractivity contribution in [2.45, 2.75) is 64.5 Å². The predicted molar refractivity (Wildman–Crippen MR) is 100 cm³/mol. The molecule has 1 aliphatic rings. The van der Waals surface area contributed by atoms with E-state index in [1.165, 1.54) is 10.7 Å². The van der Waals surface area contributed by atoms with Gasteiger partial charge in [-0.3, -0.25) is 4.79 Å². The highest BCUT2D eigenvalue weighted by Crippen LogP contribution is 2.24.